The van der Waals surface area contributed by atoms with Gasteiger partial charge in [0.15, 0.2) is 0 Å². The predicted octanol–water partition coefficient (Wildman–Crippen LogP) is 3.82. The number of carbonyl (C=O) groups excluding carboxylic acids is 1. The Morgan fingerprint density at radius 1 is 1.42 bits per heavy atom. The number of rotatable bonds is 9. The van der Waals surface area contributed by atoms with Crippen LogP contribution in [0.15, 0.2) is 30.9 Å². The van der Waals surface area contributed by atoms with E-state index < -0.39 is 0 Å². The lowest BCUT2D eigenvalue weighted by molar-refractivity contribution is -0.142. The molecule has 0 saturated heterocycles. The molecule has 0 fully saturated rings. The molecule has 2 rings (SSSR count). The smallest absolute Gasteiger partial charge is 0.306 e. The van der Waals surface area contributed by atoms with Crippen LogP contribution in [0.1, 0.15) is 18.7 Å². The van der Waals surface area contributed by atoms with Crippen molar-refractivity contribution in [3.63, 3.8) is 0 Å². The molecule has 1 heterocycles. The number of aromatic nitrogens is 2. The molecular formula is C17H21Cl2N3O2. The van der Waals surface area contributed by atoms with Gasteiger partial charge in [-0.1, -0.05) is 12.7 Å². The van der Waals surface area contributed by atoms with E-state index in [1.54, 1.807) is 6.08 Å². The summed E-state index contributed by atoms with van der Waals surface area (Å²) in [6.07, 6.45) is 3.33. The van der Waals surface area contributed by atoms with Crippen molar-refractivity contribution >= 4 is 45.9 Å². The Kier molecular flexibility index (Phi) is 6.94. The molecule has 0 spiro atoms. The fourth-order valence-corrected chi connectivity index (χ4v) is 2.97. The maximum atomic E-state index is 11.5. The number of hydrogen-bond donors (Lipinski definition) is 0. The number of fused-ring (bicyclic) bond motifs is 1. The number of aryl methyl sites for hydroxylation is 2. The first-order valence-electron chi connectivity index (χ1n) is 7.69. The largest absolute Gasteiger partial charge is 0.461 e. The molecule has 130 valence electrons. The Balaban J connectivity index is 2.07. The first-order chi connectivity index (χ1) is 11.6. The normalized spacial score (nSPS) is 10.8. The molecule has 0 aliphatic heterocycles. The van der Waals surface area contributed by atoms with E-state index in [9.17, 15) is 4.79 Å². The van der Waals surface area contributed by atoms with Crippen LogP contribution in [0.3, 0.4) is 0 Å². The summed E-state index contributed by atoms with van der Waals surface area (Å²) in [7, 11) is 1.97. The van der Waals surface area contributed by atoms with Crippen molar-refractivity contribution in [1.82, 2.24) is 9.55 Å². The first kappa shape index (κ1) is 18.6. The van der Waals surface area contributed by atoms with Gasteiger partial charge in [-0.2, -0.15) is 0 Å². The maximum Gasteiger partial charge on any atom is 0.306 e. The van der Waals surface area contributed by atoms with E-state index in [4.69, 9.17) is 27.9 Å². The van der Waals surface area contributed by atoms with E-state index in [0.717, 1.165) is 22.5 Å². The SMILES string of the molecule is C=CCOC(=O)CCCc1nc2cc(N(CCl)CCl)ccc2n1C. The Bertz CT molecular complexity index is 711. The molecule has 0 saturated carbocycles. The number of ether oxygens (including phenoxy) is 1. The first-order valence-corrected chi connectivity index (χ1v) is 8.76. The zero-order chi connectivity index (χ0) is 17.5. The van der Waals surface area contributed by atoms with E-state index >= 15 is 0 Å². The molecule has 0 radical (unpaired) electrons. The van der Waals surface area contributed by atoms with E-state index in [-0.39, 0.29) is 12.6 Å². The molecule has 0 amide bonds. The van der Waals surface area contributed by atoms with Gasteiger partial charge < -0.3 is 14.2 Å². The van der Waals surface area contributed by atoms with Crippen molar-refractivity contribution in [3.05, 3.63) is 36.7 Å². The predicted molar refractivity (Wildman–Crippen MR) is 98.7 cm³/mol. The summed E-state index contributed by atoms with van der Waals surface area (Å²) >= 11 is 11.8. The van der Waals surface area contributed by atoms with Gasteiger partial charge in [0.1, 0.15) is 12.4 Å². The maximum absolute atomic E-state index is 11.5. The van der Waals surface area contributed by atoms with Crippen LogP contribution in [0.2, 0.25) is 0 Å². The minimum Gasteiger partial charge on any atom is -0.461 e. The van der Waals surface area contributed by atoms with Gasteiger partial charge >= 0.3 is 5.97 Å². The van der Waals surface area contributed by atoms with Gasteiger partial charge in [-0.05, 0) is 24.6 Å². The summed E-state index contributed by atoms with van der Waals surface area (Å²) in [5.41, 5.74) is 2.86. The summed E-state index contributed by atoms with van der Waals surface area (Å²) < 4.78 is 7.01. The van der Waals surface area contributed by atoms with Gasteiger partial charge in [-0.3, -0.25) is 4.79 Å². The molecular weight excluding hydrogens is 349 g/mol. The lowest BCUT2D eigenvalue weighted by Crippen LogP contribution is -2.18. The number of alkyl halides is 2. The van der Waals surface area contributed by atoms with Crippen LogP contribution in [0.4, 0.5) is 5.69 Å². The Labute approximate surface area is 151 Å². The van der Waals surface area contributed by atoms with Gasteiger partial charge in [-0.25, -0.2) is 4.98 Å². The summed E-state index contributed by atoms with van der Waals surface area (Å²) in [4.78, 5) is 18.0. The van der Waals surface area contributed by atoms with Crippen LogP contribution < -0.4 is 4.90 Å². The summed E-state index contributed by atoms with van der Waals surface area (Å²) in [5.74, 6) is 0.720. The Hall–Kier alpha value is -1.72. The van der Waals surface area contributed by atoms with Crippen LogP contribution in [-0.4, -0.2) is 34.1 Å². The van der Waals surface area contributed by atoms with Gasteiger partial charge in [-0.15, -0.1) is 23.2 Å². The summed E-state index contributed by atoms with van der Waals surface area (Å²) in [5, 5.41) is 0. The number of anilines is 1. The molecule has 5 nitrogen and oxygen atoms in total. The van der Waals surface area contributed by atoms with Crippen molar-refractivity contribution in [3.8, 4) is 0 Å². The zero-order valence-electron chi connectivity index (χ0n) is 13.7. The van der Waals surface area contributed by atoms with Crippen LogP contribution in [-0.2, 0) is 23.0 Å². The lowest BCUT2D eigenvalue weighted by atomic mass is 10.2. The Morgan fingerprint density at radius 2 is 2.17 bits per heavy atom. The van der Waals surface area contributed by atoms with Crippen molar-refractivity contribution < 1.29 is 9.53 Å². The third kappa shape index (κ3) is 4.42. The standard InChI is InChI=1S/C17H21Cl2N3O2/c1-3-9-24-17(23)6-4-5-16-20-14-10-13(22(11-18)12-19)7-8-15(14)21(16)2/h3,7-8,10H,1,4-6,9,11-12H2,2H3. The van der Waals surface area contributed by atoms with Crippen molar-refractivity contribution in [2.24, 2.45) is 7.05 Å². The summed E-state index contributed by atoms with van der Waals surface area (Å²) in [6.45, 7) is 3.77. The molecule has 24 heavy (non-hydrogen) atoms. The third-order valence-corrected chi connectivity index (χ3v) is 4.33. The Morgan fingerprint density at radius 3 is 2.83 bits per heavy atom. The fraction of sp³-hybridized carbons (Fsp3) is 0.412. The van der Waals surface area contributed by atoms with E-state index in [1.807, 2.05) is 34.7 Å². The monoisotopic (exact) mass is 369 g/mol. The second-order valence-electron chi connectivity index (χ2n) is 5.36. The van der Waals surface area contributed by atoms with E-state index in [2.05, 4.69) is 11.6 Å². The van der Waals surface area contributed by atoms with Gasteiger partial charge in [0.2, 0.25) is 0 Å². The second kappa shape index (κ2) is 8.94. The van der Waals surface area contributed by atoms with Crippen LogP contribution >= 0.6 is 23.2 Å². The zero-order valence-corrected chi connectivity index (χ0v) is 15.2. The third-order valence-electron chi connectivity index (χ3n) is 3.75. The number of hydrogen-bond acceptors (Lipinski definition) is 4. The number of imidazole rings is 1. The minimum atomic E-state index is -0.212. The van der Waals surface area contributed by atoms with Crippen LogP contribution in [0.5, 0.6) is 0 Å². The van der Waals surface area contributed by atoms with Crippen molar-refractivity contribution in [2.75, 3.05) is 23.5 Å². The quantitative estimate of drug-likeness (QED) is 0.291. The number of nitrogens with zero attached hydrogens (tertiary/aromatic N) is 3. The fourth-order valence-electron chi connectivity index (χ4n) is 2.44. The van der Waals surface area contributed by atoms with Crippen molar-refractivity contribution in [2.45, 2.75) is 19.3 Å². The highest BCUT2D eigenvalue weighted by Crippen LogP contribution is 2.23. The molecule has 0 unspecified atom stereocenters. The highest BCUT2D eigenvalue weighted by atomic mass is 35.5. The average molecular weight is 370 g/mol. The molecule has 7 heteroatoms. The number of carbonyl (C=O) groups is 1. The number of esters is 1. The van der Waals surface area contributed by atoms with Gasteiger partial charge in [0.05, 0.1) is 23.0 Å². The highest BCUT2D eigenvalue weighted by molar-refractivity contribution is 6.22. The molecule has 0 aliphatic rings. The van der Waals surface area contributed by atoms with Crippen LogP contribution in [0, 0.1) is 0 Å². The van der Waals surface area contributed by atoms with Gasteiger partial charge in [0.25, 0.3) is 0 Å². The molecule has 0 atom stereocenters. The molecule has 1 aromatic carbocycles. The molecule has 1 aromatic heterocycles. The lowest BCUT2D eigenvalue weighted by Gasteiger charge is -2.18. The minimum absolute atomic E-state index is 0.212. The molecule has 0 N–H and O–H groups in total. The van der Waals surface area contributed by atoms with Crippen LogP contribution in [0.25, 0.3) is 11.0 Å². The topological polar surface area (TPSA) is 47.4 Å². The second-order valence-corrected chi connectivity index (χ2v) is 5.84. The molecule has 2 aromatic rings. The van der Waals surface area contributed by atoms with E-state index in [1.165, 1.54) is 0 Å². The number of halogens is 2. The summed E-state index contributed by atoms with van der Waals surface area (Å²) in [6, 6.07) is 6.60. The van der Waals surface area contributed by atoms with E-state index in [0.29, 0.717) is 31.3 Å². The average Bonchev–Trinajstić information content (AvgIpc) is 2.90. The molecule has 0 aliphatic carbocycles. The van der Waals surface area contributed by atoms with Crippen molar-refractivity contribution in [1.29, 1.82) is 0 Å². The van der Waals surface area contributed by atoms with Gasteiger partial charge in [0, 0.05) is 25.6 Å². The highest BCUT2D eigenvalue weighted by Gasteiger charge is 2.11. The molecule has 0 bridgehead atoms. The number of benzene rings is 1.